The van der Waals surface area contributed by atoms with Crippen molar-refractivity contribution in [2.75, 3.05) is 0 Å². The number of nitrogens with two attached hydrogens (primary N) is 1. The summed E-state index contributed by atoms with van der Waals surface area (Å²) in [4.78, 5) is 17.0. The Morgan fingerprint density at radius 2 is 2.00 bits per heavy atom. The van der Waals surface area contributed by atoms with Crippen molar-refractivity contribution in [3.63, 3.8) is 0 Å². The van der Waals surface area contributed by atoms with Gasteiger partial charge in [0, 0.05) is 18.5 Å². The lowest BCUT2D eigenvalue weighted by molar-refractivity contribution is -0.125. The van der Waals surface area contributed by atoms with Crippen LogP contribution in [0.15, 0.2) is 47.3 Å². The number of hydrogen-bond acceptors (Lipinski definition) is 4. The van der Waals surface area contributed by atoms with Gasteiger partial charge in [0.2, 0.25) is 0 Å². The molecule has 1 unspecified atom stereocenters. The number of benzene rings is 1. The molecule has 5 heteroatoms. The van der Waals surface area contributed by atoms with Gasteiger partial charge in [0.15, 0.2) is 5.54 Å². The second-order valence-corrected chi connectivity index (χ2v) is 5.60. The Hall–Kier alpha value is -2.30. The average molecular weight is 284 g/mol. The van der Waals surface area contributed by atoms with Crippen LogP contribution in [0.4, 0.5) is 0 Å². The van der Waals surface area contributed by atoms with Crippen LogP contribution in [0.3, 0.4) is 0 Å². The van der Waals surface area contributed by atoms with E-state index in [-0.39, 0.29) is 11.9 Å². The molecule has 0 saturated heterocycles. The van der Waals surface area contributed by atoms with E-state index in [1.165, 1.54) is 12.8 Å². The molecule has 0 radical (unpaired) electrons. The van der Waals surface area contributed by atoms with Crippen molar-refractivity contribution in [1.82, 2.24) is 10.6 Å². The summed E-state index contributed by atoms with van der Waals surface area (Å²) < 4.78 is 0. The van der Waals surface area contributed by atoms with Crippen LogP contribution in [0.2, 0.25) is 0 Å². The molecular formula is C16H20N4O. The van der Waals surface area contributed by atoms with Gasteiger partial charge in [-0.3, -0.25) is 4.79 Å². The van der Waals surface area contributed by atoms with Gasteiger partial charge in [0.25, 0.3) is 5.91 Å². The summed E-state index contributed by atoms with van der Waals surface area (Å²) in [7, 11) is 0. The minimum absolute atomic E-state index is 0.0758. The Morgan fingerprint density at radius 3 is 2.62 bits per heavy atom. The smallest absolute Gasteiger partial charge is 0.256 e. The van der Waals surface area contributed by atoms with Gasteiger partial charge < -0.3 is 16.4 Å². The molecule has 1 amide bonds. The van der Waals surface area contributed by atoms with Crippen molar-refractivity contribution < 1.29 is 4.79 Å². The molecule has 1 aliphatic carbocycles. The monoisotopic (exact) mass is 284 g/mol. The number of carbonyl (C=O) groups is 1. The standard InChI is InChI=1S/C16H20N4O/c17-14-10-19-16(11-18-14,12-6-2-1-3-7-12)15(21)20-13-8-4-5-9-13/h1-3,6-7,10-11,13,19H,4-5,8-9,17H2,(H,20,21). The van der Waals surface area contributed by atoms with E-state index >= 15 is 0 Å². The van der Waals surface area contributed by atoms with Crippen LogP contribution in [0.25, 0.3) is 0 Å². The van der Waals surface area contributed by atoms with Gasteiger partial charge >= 0.3 is 0 Å². The first kappa shape index (κ1) is 13.7. The summed E-state index contributed by atoms with van der Waals surface area (Å²) >= 11 is 0. The van der Waals surface area contributed by atoms with Gasteiger partial charge in [0.1, 0.15) is 5.82 Å². The molecule has 21 heavy (non-hydrogen) atoms. The van der Waals surface area contributed by atoms with Gasteiger partial charge in [-0.05, 0) is 18.4 Å². The molecule has 4 N–H and O–H groups in total. The van der Waals surface area contributed by atoms with E-state index in [1.807, 2.05) is 30.3 Å². The van der Waals surface area contributed by atoms with Gasteiger partial charge in [-0.2, -0.15) is 0 Å². The van der Waals surface area contributed by atoms with Gasteiger partial charge in [0.05, 0.1) is 0 Å². The van der Waals surface area contributed by atoms with E-state index in [2.05, 4.69) is 15.6 Å². The molecular weight excluding hydrogens is 264 g/mol. The fourth-order valence-electron chi connectivity index (χ4n) is 2.92. The van der Waals surface area contributed by atoms with Crippen LogP contribution in [0.5, 0.6) is 0 Å². The SMILES string of the molecule is NC1=CNC(C(=O)NC2CCCC2)(c2ccccc2)C=N1. The van der Waals surface area contributed by atoms with Crippen molar-refractivity contribution in [2.24, 2.45) is 10.7 Å². The largest absolute Gasteiger partial charge is 0.383 e. The molecule has 0 spiro atoms. The quantitative estimate of drug-likeness (QED) is 0.784. The molecule has 1 aliphatic heterocycles. The summed E-state index contributed by atoms with van der Waals surface area (Å²) in [5.74, 6) is 0.295. The van der Waals surface area contributed by atoms with Crippen LogP contribution in [0, 0.1) is 0 Å². The second kappa shape index (κ2) is 5.60. The Kier molecular flexibility index (Phi) is 3.64. The highest BCUT2D eigenvalue weighted by atomic mass is 16.2. The first-order valence-corrected chi connectivity index (χ1v) is 7.36. The number of nitrogens with one attached hydrogen (secondary N) is 2. The molecule has 1 saturated carbocycles. The van der Waals surface area contributed by atoms with Crippen LogP contribution in [0.1, 0.15) is 31.2 Å². The highest BCUT2D eigenvalue weighted by molar-refractivity contribution is 6.05. The lowest BCUT2D eigenvalue weighted by atomic mass is 9.89. The average Bonchev–Trinajstić information content (AvgIpc) is 3.02. The van der Waals surface area contributed by atoms with Crippen molar-refractivity contribution in [1.29, 1.82) is 0 Å². The number of nitrogens with zero attached hydrogens (tertiary/aromatic N) is 1. The first-order valence-electron chi connectivity index (χ1n) is 7.36. The summed E-state index contributed by atoms with van der Waals surface area (Å²) in [6, 6.07) is 9.85. The van der Waals surface area contributed by atoms with Gasteiger partial charge in [-0.1, -0.05) is 43.2 Å². The number of aliphatic imine (C=N–C) groups is 1. The molecule has 1 heterocycles. The van der Waals surface area contributed by atoms with Crippen molar-refractivity contribution >= 4 is 12.1 Å². The zero-order chi connectivity index (χ0) is 14.7. The lowest BCUT2D eigenvalue weighted by Crippen LogP contribution is -2.56. The van der Waals surface area contributed by atoms with Crippen LogP contribution >= 0.6 is 0 Å². The predicted octanol–water partition coefficient (Wildman–Crippen LogP) is 1.37. The summed E-state index contributed by atoms with van der Waals surface area (Å²) in [6.07, 6.45) is 7.63. The maximum absolute atomic E-state index is 12.8. The van der Waals surface area contributed by atoms with E-state index in [4.69, 9.17) is 5.73 Å². The van der Waals surface area contributed by atoms with Crippen LogP contribution < -0.4 is 16.4 Å². The Bertz CT molecular complexity index is 575. The fourth-order valence-corrected chi connectivity index (χ4v) is 2.92. The maximum Gasteiger partial charge on any atom is 0.256 e. The fraction of sp³-hybridized carbons (Fsp3) is 0.375. The van der Waals surface area contributed by atoms with E-state index in [0.29, 0.717) is 5.82 Å². The molecule has 0 aromatic heterocycles. The third-order valence-electron chi connectivity index (χ3n) is 4.13. The van der Waals surface area contributed by atoms with Crippen LogP contribution in [-0.2, 0) is 10.3 Å². The molecule has 1 aromatic carbocycles. The van der Waals surface area contributed by atoms with Crippen molar-refractivity contribution in [3.8, 4) is 0 Å². The Morgan fingerprint density at radius 1 is 1.29 bits per heavy atom. The maximum atomic E-state index is 12.8. The number of rotatable bonds is 3. The molecule has 110 valence electrons. The molecule has 5 nitrogen and oxygen atoms in total. The first-order chi connectivity index (χ1) is 10.2. The third kappa shape index (κ3) is 2.63. The lowest BCUT2D eigenvalue weighted by Gasteiger charge is -2.32. The van der Waals surface area contributed by atoms with E-state index in [1.54, 1.807) is 12.4 Å². The summed E-state index contributed by atoms with van der Waals surface area (Å²) in [5, 5.41) is 6.26. The highest BCUT2D eigenvalue weighted by Crippen LogP contribution is 2.25. The number of amides is 1. The number of hydrogen-bond donors (Lipinski definition) is 3. The molecule has 2 aliphatic rings. The third-order valence-corrected chi connectivity index (χ3v) is 4.13. The zero-order valence-electron chi connectivity index (χ0n) is 11.9. The predicted molar refractivity (Wildman–Crippen MR) is 82.4 cm³/mol. The molecule has 3 rings (SSSR count). The number of carbonyl (C=O) groups excluding carboxylic acids is 1. The van der Waals surface area contributed by atoms with Gasteiger partial charge in [-0.25, -0.2) is 4.99 Å². The molecule has 1 aromatic rings. The van der Waals surface area contributed by atoms with E-state index < -0.39 is 5.54 Å². The molecule has 1 atom stereocenters. The molecule has 1 fully saturated rings. The minimum atomic E-state index is -0.979. The van der Waals surface area contributed by atoms with E-state index in [0.717, 1.165) is 18.4 Å². The normalized spacial score (nSPS) is 25.2. The summed E-state index contributed by atoms with van der Waals surface area (Å²) in [6.45, 7) is 0. The topological polar surface area (TPSA) is 79.5 Å². The minimum Gasteiger partial charge on any atom is -0.383 e. The second-order valence-electron chi connectivity index (χ2n) is 5.60. The van der Waals surface area contributed by atoms with E-state index in [9.17, 15) is 4.79 Å². The summed E-state index contributed by atoms with van der Waals surface area (Å²) in [5.41, 5.74) is 5.54. The van der Waals surface area contributed by atoms with Crippen molar-refractivity contribution in [3.05, 3.63) is 47.9 Å². The van der Waals surface area contributed by atoms with Gasteiger partial charge in [-0.15, -0.1) is 0 Å². The zero-order valence-corrected chi connectivity index (χ0v) is 11.9. The van der Waals surface area contributed by atoms with Crippen molar-refractivity contribution in [2.45, 2.75) is 37.3 Å². The Labute approximate surface area is 124 Å². The van der Waals surface area contributed by atoms with Crippen LogP contribution in [-0.4, -0.2) is 18.2 Å². The highest BCUT2D eigenvalue weighted by Gasteiger charge is 2.40. The Balaban J connectivity index is 1.89. The molecule has 0 bridgehead atoms.